The standard InChI is InChI=1S/C22H20Cl3NO3/c1-21(2)17(12-22(23,24)25)19(21)20(27)29-18(13-26)14-7-6-10-16(11-14)28-15-8-4-3-5-9-15/h3-11,17-19H,12H2,1-2H3. The van der Waals surface area contributed by atoms with Gasteiger partial charge in [0.25, 0.3) is 0 Å². The Balaban J connectivity index is 1.70. The van der Waals surface area contributed by atoms with Crippen LogP contribution in [0.15, 0.2) is 54.6 Å². The number of nitriles is 1. The predicted octanol–water partition coefficient (Wildman–Crippen LogP) is 6.62. The predicted molar refractivity (Wildman–Crippen MR) is 113 cm³/mol. The highest BCUT2D eigenvalue weighted by Gasteiger charge is 2.64. The maximum absolute atomic E-state index is 12.7. The average Bonchev–Trinajstić information content (AvgIpc) is 3.18. The SMILES string of the molecule is CC1(C)C(CC(Cl)(Cl)Cl)C1C(=O)OC(C#N)c1cccc(Oc2ccccc2)c1. The Labute approximate surface area is 185 Å². The van der Waals surface area contributed by atoms with Gasteiger partial charge in [-0.25, -0.2) is 0 Å². The summed E-state index contributed by atoms with van der Waals surface area (Å²) in [6, 6.07) is 18.2. The molecule has 2 aromatic carbocycles. The molecule has 0 saturated heterocycles. The van der Waals surface area contributed by atoms with Crippen LogP contribution >= 0.6 is 34.8 Å². The van der Waals surface area contributed by atoms with Crippen LogP contribution in [-0.4, -0.2) is 9.76 Å². The van der Waals surface area contributed by atoms with Gasteiger partial charge in [-0.05, 0) is 42.0 Å². The van der Waals surface area contributed by atoms with Gasteiger partial charge in [0.2, 0.25) is 6.10 Å². The van der Waals surface area contributed by atoms with Gasteiger partial charge >= 0.3 is 5.97 Å². The fourth-order valence-electron chi connectivity index (χ4n) is 3.57. The molecular weight excluding hydrogens is 433 g/mol. The molecule has 0 spiro atoms. The van der Waals surface area contributed by atoms with Crippen molar-refractivity contribution in [3.8, 4) is 17.6 Å². The normalized spacial score (nSPS) is 21.0. The van der Waals surface area contributed by atoms with Crippen molar-refractivity contribution in [3.63, 3.8) is 0 Å². The number of hydrogen-bond donors (Lipinski definition) is 0. The van der Waals surface area contributed by atoms with E-state index in [4.69, 9.17) is 44.3 Å². The van der Waals surface area contributed by atoms with Crippen molar-refractivity contribution in [2.24, 2.45) is 17.3 Å². The first-order valence-corrected chi connectivity index (χ1v) is 10.2. The van der Waals surface area contributed by atoms with Crippen LogP contribution in [0.2, 0.25) is 0 Å². The van der Waals surface area contributed by atoms with Gasteiger partial charge in [-0.15, -0.1) is 0 Å². The van der Waals surface area contributed by atoms with Crippen LogP contribution in [-0.2, 0) is 9.53 Å². The zero-order valence-electron chi connectivity index (χ0n) is 15.9. The van der Waals surface area contributed by atoms with Gasteiger partial charge in [0.05, 0.1) is 5.92 Å². The molecule has 3 rings (SSSR count). The number of para-hydroxylation sites is 1. The van der Waals surface area contributed by atoms with Gasteiger partial charge in [-0.3, -0.25) is 4.79 Å². The van der Waals surface area contributed by atoms with E-state index in [0.29, 0.717) is 17.1 Å². The number of carbonyl (C=O) groups is 1. The van der Waals surface area contributed by atoms with Crippen molar-refractivity contribution >= 4 is 40.8 Å². The number of rotatable bonds is 6. The first-order valence-electron chi connectivity index (χ1n) is 9.11. The maximum Gasteiger partial charge on any atom is 0.311 e. The zero-order valence-corrected chi connectivity index (χ0v) is 18.2. The highest BCUT2D eigenvalue weighted by Crippen LogP contribution is 2.63. The highest BCUT2D eigenvalue weighted by molar-refractivity contribution is 6.67. The van der Waals surface area contributed by atoms with E-state index in [2.05, 4.69) is 0 Å². The third-order valence-electron chi connectivity index (χ3n) is 5.25. The van der Waals surface area contributed by atoms with E-state index in [1.54, 1.807) is 24.3 Å². The summed E-state index contributed by atoms with van der Waals surface area (Å²) in [7, 11) is 0. The molecule has 152 valence electrons. The summed E-state index contributed by atoms with van der Waals surface area (Å²) in [5, 5.41) is 9.56. The lowest BCUT2D eigenvalue weighted by atomic mass is 10.1. The van der Waals surface area contributed by atoms with Gasteiger partial charge < -0.3 is 9.47 Å². The fourth-order valence-corrected chi connectivity index (χ4v) is 4.07. The van der Waals surface area contributed by atoms with Gasteiger partial charge in [0.1, 0.15) is 17.6 Å². The second-order valence-electron chi connectivity index (χ2n) is 7.66. The Bertz CT molecular complexity index is 919. The molecule has 2 aromatic rings. The molecule has 0 aliphatic heterocycles. The van der Waals surface area contributed by atoms with Crippen LogP contribution < -0.4 is 4.74 Å². The molecule has 1 fully saturated rings. The third kappa shape index (κ3) is 5.36. The first kappa shape index (κ1) is 21.8. The molecule has 0 heterocycles. The molecule has 3 atom stereocenters. The lowest BCUT2D eigenvalue weighted by molar-refractivity contribution is -0.149. The number of alkyl halides is 3. The van der Waals surface area contributed by atoms with Crippen molar-refractivity contribution in [3.05, 3.63) is 60.2 Å². The van der Waals surface area contributed by atoms with E-state index in [0.717, 1.165) is 0 Å². The molecule has 0 amide bonds. The number of halogens is 3. The average molecular weight is 453 g/mol. The Morgan fingerprint density at radius 2 is 1.79 bits per heavy atom. The van der Waals surface area contributed by atoms with Gasteiger partial charge in [-0.2, -0.15) is 5.26 Å². The smallest absolute Gasteiger partial charge is 0.311 e. The first-order chi connectivity index (χ1) is 13.6. The topological polar surface area (TPSA) is 59.3 Å². The van der Waals surface area contributed by atoms with Crippen LogP contribution in [0.4, 0.5) is 0 Å². The van der Waals surface area contributed by atoms with Gasteiger partial charge in [-0.1, -0.05) is 79.0 Å². The molecule has 1 saturated carbocycles. The molecule has 7 heteroatoms. The quantitative estimate of drug-likeness (QED) is 0.365. The molecule has 29 heavy (non-hydrogen) atoms. The molecule has 1 aliphatic rings. The number of ether oxygens (including phenoxy) is 2. The largest absolute Gasteiger partial charge is 0.457 e. The molecule has 0 bridgehead atoms. The van der Waals surface area contributed by atoms with E-state index in [1.807, 2.05) is 50.2 Å². The Kier molecular flexibility index (Phi) is 6.33. The van der Waals surface area contributed by atoms with Crippen molar-refractivity contribution < 1.29 is 14.3 Å². The van der Waals surface area contributed by atoms with Crippen LogP contribution in [0.1, 0.15) is 31.9 Å². The van der Waals surface area contributed by atoms with Crippen LogP contribution in [0.5, 0.6) is 11.5 Å². The lowest BCUT2D eigenvalue weighted by Gasteiger charge is -2.14. The van der Waals surface area contributed by atoms with Crippen molar-refractivity contribution in [2.45, 2.75) is 30.2 Å². The minimum atomic E-state index is -1.44. The Hall–Kier alpha value is -1.93. The summed E-state index contributed by atoms with van der Waals surface area (Å²) in [6.07, 6.45) is -0.797. The molecule has 4 nitrogen and oxygen atoms in total. The van der Waals surface area contributed by atoms with Crippen molar-refractivity contribution in [1.29, 1.82) is 5.26 Å². The van der Waals surface area contributed by atoms with Gasteiger partial charge in [0, 0.05) is 5.56 Å². The van der Waals surface area contributed by atoms with E-state index < -0.39 is 21.8 Å². The summed E-state index contributed by atoms with van der Waals surface area (Å²) in [6.45, 7) is 3.85. The van der Waals surface area contributed by atoms with E-state index in [1.165, 1.54) is 0 Å². The third-order valence-corrected chi connectivity index (χ3v) is 5.71. The van der Waals surface area contributed by atoms with Crippen LogP contribution in [0.25, 0.3) is 0 Å². The summed E-state index contributed by atoms with van der Waals surface area (Å²) in [4.78, 5) is 12.7. The maximum atomic E-state index is 12.7. The minimum absolute atomic E-state index is 0.116. The molecule has 0 N–H and O–H groups in total. The molecular formula is C22H20Cl3NO3. The fraction of sp³-hybridized carbons (Fsp3) is 0.364. The summed E-state index contributed by atoms with van der Waals surface area (Å²) in [5.41, 5.74) is 0.185. The zero-order chi connectivity index (χ0) is 21.2. The van der Waals surface area contributed by atoms with Crippen molar-refractivity contribution in [1.82, 2.24) is 0 Å². The second kappa shape index (κ2) is 8.44. The Morgan fingerprint density at radius 3 is 2.41 bits per heavy atom. The number of benzene rings is 2. The number of carbonyl (C=O) groups excluding carboxylic acids is 1. The Morgan fingerprint density at radius 1 is 1.14 bits per heavy atom. The van der Waals surface area contributed by atoms with E-state index >= 15 is 0 Å². The molecule has 0 aromatic heterocycles. The molecule has 1 aliphatic carbocycles. The minimum Gasteiger partial charge on any atom is -0.457 e. The van der Waals surface area contributed by atoms with Crippen molar-refractivity contribution in [2.75, 3.05) is 0 Å². The van der Waals surface area contributed by atoms with Crippen LogP contribution in [0.3, 0.4) is 0 Å². The number of hydrogen-bond acceptors (Lipinski definition) is 4. The number of nitrogens with zero attached hydrogens (tertiary/aromatic N) is 1. The lowest BCUT2D eigenvalue weighted by Crippen LogP contribution is -2.15. The van der Waals surface area contributed by atoms with E-state index in [9.17, 15) is 10.1 Å². The highest BCUT2D eigenvalue weighted by atomic mass is 35.6. The molecule has 0 radical (unpaired) electrons. The second-order valence-corrected chi connectivity index (χ2v) is 10.2. The molecule has 3 unspecified atom stereocenters. The monoisotopic (exact) mass is 451 g/mol. The summed E-state index contributed by atoms with van der Waals surface area (Å²) >= 11 is 17.7. The summed E-state index contributed by atoms with van der Waals surface area (Å²) < 4.78 is 9.86. The summed E-state index contributed by atoms with van der Waals surface area (Å²) in [5.74, 6) is 0.220. The number of esters is 1. The van der Waals surface area contributed by atoms with E-state index in [-0.39, 0.29) is 17.8 Å². The van der Waals surface area contributed by atoms with Gasteiger partial charge in [0.15, 0.2) is 3.79 Å². The van der Waals surface area contributed by atoms with Crippen LogP contribution in [0, 0.1) is 28.6 Å².